The Morgan fingerprint density at radius 2 is 2.16 bits per heavy atom. The third kappa shape index (κ3) is 2.34. The van der Waals surface area contributed by atoms with Crippen LogP contribution < -0.4 is 5.32 Å². The van der Waals surface area contributed by atoms with E-state index in [1.807, 2.05) is 0 Å². The molecule has 1 aliphatic heterocycles. The normalized spacial score (nSPS) is 22.5. The van der Waals surface area contributed by atoms with E-state index in [-0.39, 0.29) is 5.91 Å². The van der Waals surface area contributed by atoms with E-state index in [0.717, 1.165) is 11.4 Å². The van der Waals surface area contributed by atoms with Crippen LogP contribution in [0, 0.1) is 13.8 Å². The van der Waals surface area contributed by atoms with E-state index in [0.29, 0.717) is 23.4 Å². The SMILES string of the molecule is Cc1nn(C)c(C)c1C(=O)NC1(C(=O)O)CCSC1. The summed E-state index contributed by atoms with van der Waals surface area (Å²) >= 11 is 1.54. The van der Waals surface area contributed by atoms with Gasteiger partial charge in [-0.25, -0.2) is 4.79 Å². The summed E-state index contributed by atoms with van der Waals surface area (Å²) in [5.74, 6) is -0.164. The average molecular weight is 283 g/mol. The van der Waals surface area contributed by atoms with Crippen LogP contribution in [-0.2, 0) is 11.8 Å². The molecule has 1 atom stereocenters. The summed E-state index contributed by atoms with van der Waals surface area (Å²) in [5.41, 5.74) is 0.682. The van der Waals surface area contributed by atoms with E-state index in [1.54, 1.807) is 37.3 Å². The number of carboxylic acid groups (broad SMARTS) is 1. The number of carbonyl (C=O) groups is 2. The van der Waals surface area contributed by atoms with E-state index >= 15 is 0 Å². The van der Waals surface area contributed by atoms with Crippen molar-refractivity contribution >= 4 is 23.6 Å². The number of nitrogens with zero attached hydrogens (tertiary/aromatic N) is 2. The van der Waals surface area contributed by atoms with Crippen molar-refractivity contribution in [2.24, 2.45) is 7.05 Å². The van der Waals surface area contributed by atoms with Crippen LogP contribution in [0.3, 0.4) is 0 Å². The van der Waals surface area contributed by atoms with Crippen LogP contribution in [0.15, 0.2) is 0 Å². The number of thioether (sulfide) groups is 1. The Hall–Kier alpha value is -1.50. The van der Waals surface area contributed by atoms with E-state index in [1.165, 1.54) is 0 Å². The van der Waals surface area contributed by atoms with Gasteiger partial charge < -0.3 is 10.4 Å². The molecule has 1 unspecified atom stereocenters. The molecule has 1 fully saturated rings. The third-order valence-electron chi connectivity index (χ3n) is 3.52. The van der Waals surface area contributed by atoms with Gasteiger partial charge in [0, 0.05) is 18.5 Å². The molecule has 2 rings (SSSR count). The maximum atomic E-state index is 12.3. The highest BCUT2D eigenvalue weighted by Gasteiger charge is 2.43. The second kappa shape index (κ2) is 4.88. The number of hydrogen-bond acceptors (Lipinski definition) is 4. The lowest BCUT2D eigenvalue weighted by molar-refractivity contribution is -0.143. The van der Waals surface area contributed by atoms with E-state index in [2.05, 4.69) is 10.4 Å². The second-order valence-corrected chi connectivity index (χ2v) is 5.92. The topological polar surface area (TPSA) is 84.2 Å². The van der Waals surface area contributed by atoms with Crippen LogP contribution in [-0.4, -0.2) is 43.8 Å². The van der Waals surface area contributed by atoms with Gasteiger partial charge in [0.05, 0.1) is 11.3 Å². The summed E-state index contributed by atoms with van der Waals surface area (Å²) in [4.78, 5) is 23.7. The number of rotatable bonds is 3. The first-order valence-electron chi connectivity index (χ1n) is 6.01. The first-order chi connectivity index (χ1) is 8.87. The molecule has 0 bridgehead atoms. The molecule has 1 aliphatic rings. The first kappa shape index (κ1) is 13.9. The van der Waals surface area contributed by atoms with Gasteiger partial charge in [-0.1, -0.05) is 0 Å². The zero-order valence-corrected chi connectivity index (χ0v) is 12.0. The molecule has 0 aliphatic carbocycles. The Bertz CT molecular complexity index is 533. The lowest BCUT2D eigenvalue weighted by Gasteiger charge is -2.24. The van der Waals surface area contributed by atoms with Gasteiger partial charge in [-0.3, -0.25) is 9.48 Å². The molecule has 1 aromatic rings. The molecule has 1 aromatic heterocycles. The molecule has 19 heavy (non-hydrogen) atoms. The van der Waals surface area contributed by atoms with E-state index in [9.17, 15) is 14.7 Å². The zero-order valence-electron chi connectivity index (χ0n) is 11.2. The number of nitrogens with one attached hydrogen (secondary N) is 1. The highest BCUT2D eigenvalue weighted by atomic mass is 32.2. The molecule has 7 heteroatoms. The third-order valence-corrected chi connectivity index (χ3v) is 4.71. The number of hydrogen-bond donors (Lipinski definition) is 2. The smallest absolute Gasteiger partial charge is 0.330 e. The summed E-state index contributed by atoms with van der Waals surface area (Å²) in [5, 5.41) is 16.2. The van der Waals surface area contributed by atoms with Crippen LogP contribution in [0.5, 0.6) is 0 Å². The van der Waals surface area contributed by atoms with Crippen molar-refractivity contribution in [3.63, 3.8) is 0 Å². The van der Waals surface area contributed by atoms with Crippen LogP contribution in [0.4, 0.5) is 0 Å². The largest absolute Gasteiger partial charge is 0.479 e. The summed E-state index contributed by atoms with van der Waals surface area (Å²) in [6, 6.07) is 0. The summed E-state index contributed by atoms with van der Waals surface area (Å²) in [6.07, 6.45) is 0.455. The standard InChI is InChI=1S/C12H17N3O3S/c1-7-9(8(2)15(3)14-7)10(16)13-12(11(17)18)4-5-19-6-12/h4-6H2,1-3H3,(H,13,16)(H,17,18). The molecule has 1 amide bonds. The maximum Gasteiger partial charge on any atom is 0.330 e. The Labute approximate surface area is 115 Å². The number of aliphatic carboxylic acids is 1. The number of aromatic nitrogens is 2. The van der Waals surface area contributed by atoms with Crippen LogP contribution in [0.1, 0.15) is 28.2 Å². The number of aryl methyl sites for hydroxylation is 2. The Morgan fingerprint density at radius 1 is 1.47 bits per heavy atom. The predicted octanol–water partition coefficient (Wildman–Crippen LogP) is 0.727. The fourth-order valence-electron chi connectivity index (χ4n) is 2.27. The fraction of sp³-hybridized carbons (Fsp3) is 0.583. The maximum absolute atomic E-state index is 12.3. The van der Waals surface area contributed by atoms with Crippen molar-refractivity contribution in [3.8, 4) is 0 Å². The number of amides is 1. The Kier molecular flexibility index (Phi) is 3.58. The highest BCUT2D eigenvalue weighted by Crippen LogP contribution is 2.29. The molecule has 6 nitrogen and oxygen atoms in total. The van der Waals surface area contributed by atoms with Crippen molar-refractivity contribution in [2.45, 2.75) is 25.8 Å². The predicted molar refractivity (Wildman–Crippen MR) is 72.5 cm³/mol. The monoisotopic (exact) mass is 283 g/mol. The molecule has 1 saturated heterocycles. The molecular formula is C12H17N3O3S. The van der Waals surface area contributed by atoms with Crippen molar-refractivity contribution in [2.75, 3.05) is 11.5 Å². The molecule has 2 N–H and O–H groups in total. The first-order valence-corrected chi connectivity index (χ1v) is 7.17. The van der Waals surface area contributed by atoms with Gasteiger partial charge in [0.2, 0.25) is 0 Å². The molecule has 0 aromatic carbocycles. The quantitative estimate of drug-likeness (QED) is 0.854. The summed E-state index contributed by atoms with van der Waals surface area (Å²) in [7, 11) is 1.76. The van der Waals surface area contributed by atoms with Gasteiger partial charge >= 0.3 is 5.97 Å². The van der Waals surface area contributed by atoms with Crippen LogP contribution in [0.2, 0.25) is 0 Å². The molecule has 104 valence electrons. The van der Waals surface area contributed by atoms with Crippen LogP contribution in [0.25, 0.3) is 0 Å². The minimum absolute atomic E-state index is 0.354. The van der Waals surface area contributed by atoms with Gasteiger partial charge in [-0.05, 0) is 26.0 Å². The highest BCUT2D eigenvalue weighted by molar-refractivity contribution is 7.99. The average Bonchev–Trinajstić information content (AvgIpc) is 2.86. The lowest BCUT2D eigenvalue weighted by Crippen LogP contribution is -2.54. The van der Waals surface area contributed by atoms with Gasteiger partial charge in [-0.2, -0.15) is 16.9 Å². The van der Waals surface area contributed by atoms with Gasteiger partial charge in [0.15, 0.2) is 0 Å². The summed E-state index contributed by atoms with van der Waals surface area (Å²) < 4.78 is 1.63. The van der Waals surface area contributed by atoms with Gasteiger partial charge in [0.25, 0.3) is 5.91 Å². The molecule has 0 saturated carbocycles. The minimum atomic E-state index is -1.14. The Balaban J connectivity index is 2.28. The zero-order chi connectivity index (χ0) is 14.2. The number of carbonyl (C=O) groups excluding carboxylic acids is 1. The summed E-state index contributed by atoms with van der Waals surface area (Å²) in [6.45, 7) is 3.55. The van der Waals surface area contributed by atoms with Crippen molar-refractivity contribution in [1.82, 2.24) is 15.1 Å². The van der Waals surface area contributed by atoms with Gasteiger partial charge in [0.1, 0.15) is 5.54 Å². The van der Waals surface area contributed by atoms with Crippen LogP contribution >= 0.6 is 11.8 Å². The van der Waals surface area contributed by atoms with Crippen molar-refractivity contribution in [1.29, 1.82) is 0 Å². The second-order valence-electron chi connectivity index (χ2n) is 4.81. The Morgan fingerprint density at radius 3 is 2.58 bits per heavy atom. The molecular weight excluding hydrogens is 266 g/mol. The molecule has 2 heterocycles. The lowest BCUT2D eigenvalue weighted by atomic mass is 9.98. The van der Waals surface area contributed by atoms with Crippen molar-refractivity contribution in [3.05, 3.63) is 17.0 Å². The molecule has 0 spiro atoms. The van der Waals surface area contributed by atoms with Crippen molar-refractivity contribution < 1.29 is 14.7 Å². The molecule has 0 radical (unpaired) electrons. The van der Waals surface area contributed by atoms with E-state index in [4.69, 9.17) is 0 Å². The fourth-order valence-corrected chi connectivity index (χ4v) is 3.59. The van der Waals surface area contributed by atoms with E-state index < -0.39 is 11.5 Å². The number of carboxylic acids is 1. The van der Waals surface area contributed by atoms with Gasteiger partial charge in [-0.15, -0.1) is 0 Å². The minimum Gasteiger partial charge on any atom is -0.479 e.